The molecule has 0 aliphatic heterocycles. The first-order valence-corrected chi connectivity index (χ1v) is 8.36. The number of aryl methyl sites for hydroxylation is 1. The van der Waals surface area contributed by atoms with Crippen molar-refractivity contribution in [3.05, 3.63) is 23.8 Å². The van der Waals surface area contributed by atoms with Crippen LogP contribution in [0.1, 0.15) is 39.2 Å². The fraction of sp³-hybridized carbons (Fsp3) is 0.571. The van der Waals surface area contributed by atoms with Gasteiger partial charge in [-0.25, -0.2) is 0 Å². The predicted octanol–water partition coefficient (Wildman–Crippen LogP) is 2.11. The minimum atomic E-state index is -1.75. The molecule has 0 saturated heterocycles. The average molecular weight is 267 g/mol. The number of hydrogen-bond acceptors (Lipinski definition) is 3. The van der Waals surface area contributed by atoms with Gasteiger partial charge in [0.25, 0.3) is 0 Å². The Hall–Kier alpha value is -0.843. The number of unbranched alkanes of at least 4 members (excludes halogenated alkanes) is 1. The van der Waals surface area contributed by atoms with Gasteiger partial charge in [0, 0.05) is 18.9 Å². The molecule has 0 unspecified atom stereocenters. The Morgan fingerprint density at radius 2 is 1.78 bits per heavy atom. The zero-order valence-corrected chi connectivity index (χ0v) is 12.9. The molecule has 3 nitrogen and oxygen atoms in total. The molecule has 0 spiro atoms. The van der Waals surface area contributed by atoms with Crippen LogP contribution in [0.4, 0.5) is 5.69 Å². The normalized spacial score (nSPS) is 11.1. The van der Waals surface area contributed by atoms with Gasteiger partial charge in [0.1, 0.15) is 0 Å². The lowest BCUT2D eigenvalue weighted by atomic mass is 10.1. The number of hydrogen-bond donors (Lipinski definition) is 1. The van der Waals surface area contributed by atoms with E-state index < -0.39 is 9.28 Å². The first kappa shape index (κ1) is 15.2. The van der Waals surface area contributed by atoms with E-state index in [-0.39, 0.29) is 0 Å². The molecule has 4 heteroatoms. The molecule has 0 amide bonds. The van der Waals surface area contributed by atoms with Crippen LogP contribution in [-0.4, -0.2) is 22.5 Å². The minimum Gasteiger partial charge on any atom is -0.399 e. The summed E-state index contributed by atoms with van der Waals surface area (Å²) in [7, 11) is -1.75. The molecule has 0 bridgehead atoms. The van der Waals surface area contributed by atoms with Crippen LogP contribution in [0.3, 0.4) is 0 Å². The quantitative estimate of drug-likeness (QED) is 0.579. The van der Waals surface area contributed by atoms with E-state index in [1.165, 1.54) is 23.6 Å². The zero-order chi connectivity index (χ0) is 13.4. The second-order valence-corrected chi connectivity index (χ2v) is 6.26. The van der Waals surface area contributed by atoms with Crippen LogP contribution in [0.25, 0.3) is 0 Å². The predicted molar refractivity (Wildman–Crippen MR) is 79.5 cm³/mol. The van der Waals surface area contributed by atoms with Crippen molar-refractivity contribution in [2.24, 2.45) is 0 Å². The summed E-state index contributed by atoms with van der Waals surface area (Å²) < 4.78 is 11.6. The highest BCUT2D eigenvalue weighted by Crippen LogP contribution is 2.10. The molecular weight excluding hydrogens is 242 g/mol. The highest BCUT2D eigenvalue weighted by atomic mass is 28.3. The number of anilines is 1. The van der Waals surface area contributed by atoms with Crippen molar-refractivity contribution in [3.8, 4) is 0 Å². The minimum absolute atomic E-state index is 0.703. The van der Waals surface area contributed by atoms with Crippen LogP contribution in [0.2, 0.25) is 0 Å². The van der Waals surface area contributed by atoms with Gasteiger partial charge < -0.3 is 14.6 Å². The standard InChI is InChI=1S/C14H25NO2Si/c1-4-7-8-12-11-13(15)9-10-14(12)18(16-5-2)17-6-3/h9-11,18H,4-8,15H2,1-3H3. The molecule has 0 aromatic heterocycles. The third kappa shape index (κ3) is 4.44. The SMILES string of the molecule is CCCCc1cc(N)ccc1[SiH](OCC)OCC. The summed E-state index contributed by atoms with van der Waals surface area (Å²) >= 11 is 0. The number of benzene rings is 1. The summed E-state index contributed by atoms with van der Waals surface area (Å²) in [6.07, 6.45) is 3.42. The highest BCUT2D eigenvalue weighted by molar-refractivity contribution is 6.61. The van der Waals surface area contributed by atoms with Crippen LogP contribution >= 0.6 is 0 Å². The smallest absolute Gasteiger partial charge is 0.356 e. The van der Waals surface area contributed by atoms with E-state index >= 15 is 0 Å². The molecule has 18 heavy (non-hydrogen) atoms. The second kappa shape index (κ2) is 8.29. The van der Waals surface area contributed by atoms with Gasteiger partial charge in [0.15, 0.2) is 0 Å². The maximum Gasteiger partial charge on any atom is 0.356 e. The third-order valence-corrected chi connectivity index (χ3v) is 5.20. The number of nitrogens with two attached hydrogens (primary N) is 1. The Balaban J connectivity index is 2.95. The lowest BCUT2D eigenvalue weighted by Gasteiger charge is -2.18. The zero-order valence-electron chi connectivity index (χ0n) is 11.7. The van der Waals surface area contributed by atoms with Crippen molar-refractivity contribution < 1.29 is 8.85 Å². The van der Waals surface area contributed by atoms with E-state index in [9.17, 15) is 0 Å². The molecule has 0 fully saturated rings. The summed E-state index contributed by atoms with van der Waals surface area (Å²) in [6.45, 7) is 7.64. The van der Waals surface area contributed by atoms with Crippen molar-refractivity contribution in [3.63, 3.8) is 0 Å². The average Bonchev–Trinajstić information content (AvgIpc) is 2.36. The Morgan fingerprint density at radius 1 is 1.11 bits per heavy atom. The Labute approximate surface area is 112 Å². The van der Waals surface area contributed by atoms with E-state index in [0.717, 1.165) is 12.1 Å². The van der Waals surface area contributed by atoms with Gasteiger partial charge in [0.05, 0.1) is 0 Å². The number of rotatable bonds is 8. The molecule has 102 valence electrons. The van der Waals surface area contributed by atoms with Crippen LogP contribution < -0.4 is 10.9 Å². The molecule has 0 radical (unpaired) electrons. The van der Waals surface area contributed by atoms with Gasteiger partial charge in [-0.05, 0) is 49.6 Å². The molecule has 0 aliphatic rings. The maximum absolute atomic E-state index is 5.88. The van der Waals surface area contributed by atoms with Crippen molar-refractivity contribution >= 4 is 20.2 Å². The first-order valence-electron chi connectivity index (χ1n) is 6.84. The second-order valence-electron chi connectivity index (χ2n) is 4.30. The number of nitrogen functional groups attached to an aromatic ring is 1. The van der Waals surface area contributed by atoms with Crippen LogP contribution in [0, 0.1) is 0 Å². The molecule has 2 N–H and O–H groups in total. The fourth-order valence-corrected chi connectivity index (χ4v) is 3.81. The monoisotopic (exact) mass is 267 g/mol. The molecule has 1 aromatic rings. The van der Waals surface area contributed by atoms with Gasteiger partial charge in [0.2, 0.25) is 0 Å². The summed E-state index contributed by atoms with van der Waals surface area (Å²) in [4.78, 5) is 0. The van der Waals surface area contributed by atoms with Crippen molar-refractivity contribution in [2.45, 2.75) is 40.0 Å². The molecule has 0 heterocycles. The summed E-state index contributed by atoms with van der Waals surface area (Å²) in [5.41, 5.74) is 8.01. The van der Waals surface area contributed by atoms with Crippen molar-refractivity contribution in [1.29, 1.82) is 0 Å². The maximum atomic E-state index is 5.88. The molecule has 1 aromatic carbocycles. The van der Waals surface area contributed by atoms with E-state index in [4.69, 9.17) is 14.6 Å². The van der Waals surface area contributed by atoms with Gasteiger partial charge in [-0.15, -0.1) is 0 Å². The molecule has 0 saturated carbocycles. The fourth-order valence-electron chi connectivity index (χ4n) is 1.97. The molecular formula is C14H25NO2Si. The van der Waals surface area contributed by atoms with Crippen LogP contribution in [0.15, 0.2) is 18.2 Å². The molecule has 0 atom stereocenters. The van der Waals surface area contributed by atoms with Crippen molar-refractivity contribution in [2.75, 3.05) is 18.9 Å². The van der Waals surface area contributed by atoms with Gasteiger partial charge in [-0.3, -0.25) is 0 Å². The summed E-state index contributed by atoms with van der Waals surface area (Å²) in [5.74, 6) is 0. The Morgan fingerprint density at radius 3 is 2.33 bits per heavy atom. The van der Waals surface area contributed by atoms with Gasteiger partial charge in [-0.2, -0.15) is 0 Å². The van der Waals surface area contributed by atoms with Crippen LogP contribution in [-0.2, 0) is 15.3 Å². The van der Waals surface area contributed by atoms with E-state index in [1.807, 2.05) is 19.9 Å². The Kier molecular flexibility index (Phi) is 7.01. The highest BCUT2D eigenvalue weighted by Gasteiger charge is 2.19. The topological polar surface area (TPSA) is 44.5 Å². The van der Waals surface area contributed by atoms with E-state index in [0.29, 0.717) is 13.2 Å². The molecule has 1 rings (SSSR count). The summed E-state index contributed by atoms with van der Waals surface area (Å²) in [6, 6.07) is 6.11. The Bertz CT molecular complexity index is 352. The first-order chi connectivity index (χ1) is 8.72. The largest absolute Gasteiger partial charge is 0.399 e. The van der Waals surface area contributed by atoms with Crippen LogP contribution in [0.5, 0.6) is 0 Å². The summed E-state index contributed by atoms with van der Waals surface area (Å²) in [5, 5.41) is 1.25. The third-order valence-electron chi connectivity index (χ3n) is 2.86. The lowest BCUT2D eigenvalue weighted by Crippen LogP contribution is -2.39. The lowest BCUT2D eigenvalue weighted by molar-refractivity contribution is 0.225. The van der Waals surface area contributed by atoms with Gasteiger partial charge >= 0.3 is 9.28 Å². The van der Waals surface area contributed by atoms with E-state index in [2.05, 4.69) is 19.1 Å². The van der Waals surface area contributed by atoms with Crippen molar-refractivity contribution in [1.82, 2.24) is 0 Å². The molecule has 0 aliphatic carbocycles. The van der Waals surface area contributed by atoms with E-state index in [1.54, 1.807) is 0 Å². The van der Waals surface area contributed by atoms with Gasteiger partial charge in [-0.1, -0.05) is 19.4 Å².